The number of nitrogens with one attached hydrogen (secondary N) is 1. The Morgan fingerprint density at radius 2 is 1.89 bits per heavy atom. The van der Waals surface area contributed by atoms with Gasteiger partial charge in [0.1, 0.15) is 11.9 Å². The third-order valence-corrected chi connectivity index (χ3v) is 5.75. The monoisotopic (exact) mass is 400 g/mol. The second kappa shape index (κ2) is 8.52. The first kappa shape index (κ1) is 19.2. The van der Waals surface area contributed by atoms with Crippen LogP contribution in [-0.4, -0.2) is 41.7 Å². The van der Waals surface area contributed by atoms with Crippen LogP contribution in [0.4, 0.5) is 5.69 Å². The number of rotatable bonds is 5. The molecule has 1 saturated heterocycles. The fraction of sp³-hybridized carbons (Fsp3) is 0.409. The number of likely N-dealkylation sites (tertiary alicyclic amines) is 1. The molecule has 5 nitrogen and oxygen atoms in total. The molecule has 1 fully saturated rings. The van der Waals surface area contributed by atoms with Crippen LogP contribution >= 0.6 is 11.6 Å². The number of benzene rings is 2. The van der Waals surface area contributed by atoms with E-state index in [0.717, 1.165) is 54.9 Å². The number of carbonyl (C=O) groups is 1. The van der Waals surface area contributed by atoms with Crippen LogP contribution in [0.25, 0.3) is 0 Å². The van der Waals surface area contributed by atoms with Crippen LogP contribution in [-0.2, 0) is 11.2 Å². The highest BCUT2D eigenvalue weighted by Gasteiger charge is 2.23. The molecule has 2 heterocycles. The van der Waals surface area contributed by atoms with Crippen molar-refractivity contribution in [2.45, 2.75) is 37.9 Å². The van der Waals surface area contributed by atoms with Gasteiger partial charge in [-0.1, -0.05) is 23.7 Å². The molecule has 0 radical (unpaired) electrons. The maximum Gasteiger partial charge on any atom is 0.224 e. The van der Waals surface area contributed by atoms with Gasteiger partial charge in [-0.05, 0) is 60.7 Å². The summed E-state index contributed by atoms with van der Waals surface area (Å²) in [5.41, 5.74) is 2.93. The number of amides is 1. The van der Waals surface area contributed by atoms with Gasteiger partial charge in [0.25, 0.3) is 0 Å². The first-order valence-electron chi connectivity index (χ1n) is 9.82. The lowest BCUT2D eigenvalue weighted by molar-refractivity contribution is -0.116. The number of halogens is 1. The number of aliphatic hydroxyl groups excluding tert-OH is 1. The van der Waals surface area contributed by atoms with E-state index in [1.54, 1.807) is 0 Å². The Morgan fingerprint density at radius 1 is 1.14 bits per heavy atom. The largest absolute Gasteiger partial charge is 0.490 e. The summed E-state index contributed by atoms with van der Waals surface area (Å²) >= 11 is 5.91. The highest BCUT2D eigenvalue weighted by Crippen LogP contribution is 2.29. The average molecular weight is 401 g/mol. The molecule has 0 spiro atoms. The smallest absolute Gasteiger partial charge is 0.224 e. The normalized spacial score (nSPS) is 19.0. The number of β-amino-alcohol motifs (C(OH)–C–C–N with tert-alkyl or cyclic N) is 1. The van der Waals surface area contributed by atoms with Crippen LogP contribution in [0.15, 0.2) is 42.5 Å². The number of ether oxygens (including phenoxy) is 1. The van der Waals surface area contributed by atoms with Gasteiger partial charge < -0.3 is 20.1 Å². The molecule has 0 aliphatic carbocycles. The van der Waals surface area contributed by atoms with E-state index >= 15 is 0 Å². The van der Waals surface area contributed by atoms with Crippen molar-refractivity contribution in [2.75, 3.05) is 25.0 Å². The van der Waals surface area contributed by atoms with E-state index < -0.39 is 6.10 Å². The van der Waals surface area contributed by atoms with Crippen molar-refractivity contribution in [1.29, 1.82) is 0 Å². The van der Waals surface area contributed by atoms with Crippen LogP contribution in [0.2, 0.25) is 5.02 Å². The molecule has 1 amide bonds. The lowest BCUT2D eigenvalue weighted by atomic mass is 10.0. The fourth-order valence-electron chi connectivity index (χ4n) is 3.87. The summed E-state index contributed by atoms with van der Waals surface area (Å²) in [6.45, 7) is 2.42. The maximum absolute atomic E-state index is 11.5. The Hall–Kier alpha value is -2.08. The van der Waals surface area contributed by atoms with Gasteiger partial charge in [0.15, 0.2) is 0 Å². The molecule has 28 heavy (non-hydrogen) atoms. The van der Waals surface area contributed by atoms with Gasteiger partial charge in [-0.15, -0.1) is 0 Å². The number of piperidine rings is 1. The predicted molar refractivity (Wildman–Crippen MR) is 110 cm³/mol. The highest BCUT2D eigenvalue weighted by molar-refractivity contribution is 6.30. The molecular formula is C22H25ClN2O3. The van der Waals surface area contributed by atoms with E-state index in [9.17, 15) is 9.90 Å². The first-order valence-corrected chi connectivity index (χ1v) is 10.2. The van der Waals surface area contributed by atoms with Crippen molar-refractivity contribution < 1.29 is 14.6 Å². The molecule has 4 rings (SSSR count). The second-order valence-electron chi connectivity index (χ2n) is 7.55. The van der Waals surface area contributed by atoms with Crippen molar-refractivity contribution in [3.05, 3.63) is 58.6 Å². The Morgan fingerprint density at radius 3 is 2.64 bits per heavy atom. The number of hydrogen-bond acceptors (Lipinski definition) is 4. The molecule has 6 heteroatoms. The molecule has 0 saturated carbocycles. The summed E-state index contributed by atoms with van der Waals surface area (Å²) in [5.74, 6) is 0.948. The lowest BCUT2D eigenvalue weighted by Gasteiger charge is -2.33. The summed E-state index contributed by atoms with van der Waals surface area (Å²) in [5, 5.41) is 14.0. The third kappa shape index (κ3) is 4.66. The maximum atomic E-state index is 11.5. The summed E-state index contributed by atoms with van der Waals surface area (Å²) in [6, 6.07) is 13.3. The minimum absolute atomic E-state index is 0.0781. The number of fused-ring (bicyclic) bond motifs is 1. The Bertz CT molecular complexity index is 832. The van der Waals surface area contributed by atoms with E-state index in [1.165, 1.54) is 0 Å². The number of anilines is 1. The van der Waals surface area contributed by atoms with Crippen molar-refractivity contribution in [1.82, 2.24) is 4.90 Å². The Balaban J connectivity index is 1.27. The van der Waals surface area contributed by atoms with Crippen LogP contribution in [0, 0.1) is 0 Å². The summed E-state index contributed by atoms with van der Waals surface area (Å²) in [7, 11) is 0. The van der Waals surface area contributed by atoms with Crippen LogP contribution in [0.1, 0.15) is 36.5 Å². The lowest BCUT2D eigenvalue weighted by Crippen LogP contribution is -2.40. The summed E-state index contributed by atoms with van der Waals surface area (Å²) in [4.78, 5) is 13.7. The Labute approximate surface area is 170 Å². The van der Waals surface area contributed by atoms with E-state index in [1.807, 2.05) is 42.5 Å². The molecule has 148 valence electrons. The molecular weight excluding hydrogens is 376 g/mol. The number of nitrogens with zero attached hydrogens (tertiary/aromatic N) is 1. The third-order valence-electron chi connectivity index (χ3n) is 5.50. The topological polar surface area (TPSA) is 61.8 Å². The van der Waals surface area contributed by atoms with E-state index in [4.69, 9.17) is 16.3 Å². The zero-order valence-corrected chi connectivity index (χ0v) is 16.5. The molecule has 2 aliphatic rings. The quantitative estimate of drug-likeness (QED) is 0.801. The van der Waals surface area contributed by atoms with Crippen LogP contribution in [0.3, 0.4) is 0 Å². The van der Waals surface area contributed by atoms with Gasteiger partial charge in [-0.3, -0.25) is 4.79 Å². The molecule has 0 bridgehead atoms. The van der Waals surface area contributed by atoms with E-state index in [0.29, 0.717) is 18.0 Å². The molecule has 2 aromatic rings. The zero-order valence-electron chi connectivity index (χ0n) is 15.7. The van der Waals surface area contributed by atoms with Crippen molar-refractivity contribution >= 4 is 23.2 Å². The van der Waals surface area contributed by atoms with Gasteiger partial charge >= 0.3 is 0 Å². The predicted octanol–water partition coefficient (Wildman–Crippen LogP) is 3.80. The number of hydrogen-bond donors (Lipinski definition) is 2. The first-order chi connectivity index (χ1) is 13.6. The Kier molecular flexibility index (Phi) is 5.85. The van der Waals surface area contributed by atoms with Gasteiger partial charge in [0, 0.05) is 36.8 Å². The van der Waals surface area contributed by atoms with Crippen molar-refractivity contribution in [3.8, 4) is 5.75 Å². The second-order valence-corrected chi connectivity index (χ2v) is 7.99. The molecule has 2 N–H and O–H groups in total. The minimum Gasteiger partial charge on any atom is -0.490 e. The SMILES string of the molecule is O=C1CCc2cc(OC3CCN(CC(O)c4ccc(Cl)cc4)CC3)ccc2N1. The molecule has 1 atom stereocenters. The molecule has 2 aromatic carbocycles. The summed E-state index contributed by atoms with van der Waals surface area (Å²) in [6.07, 6.45) is 2.83. The minimum atomic E-state index is -0.509. The fourth-order valence-corrected chi connectivity index (χ4v) is 4.00. The van der Waals surface area contributed by atoms with Gasteiger partial charge in [0.2, 0.25) is 5.91 Å². The van der Waals surface area contributed by atoms with Gasteiger partial charge in [-0.25, -0.2) is 0 Å². The number of carbonyl (C=O) groups excluding carboxylic acids is 1. The summed E-state index contributed by atoms with van der Waals surface area (Å²) < 4.78 is 6.18. The number of aryl methyl sites for hydroxylation is 1. The number of aliphatic hydroxyl groups is 1. The standard InChI is InChI=1S/C22H25ClN2O3/c23-17-4-1-15(2-5-17)21(26)14-25-11-9-18(10-12-25)28-19-6-7-20-16(13-19)3-8-22(27)24-20/h1-2,4-7,13,18,21,26H,3,8-12,14H2,(H,24,27). The van der Waals surface area contributed by atoms with Crippen molar-refractivity contribution in [2.24, 2.45) is 0 Å². The van der Waals surface area contributed by atoms with Crippen LogP contribution in [0.5, 0.6) is 5.75 Å². The average Bonchev–Trinajstić information content (AvgIpc) is 2.70. The zero-order chi connectivity index (χ0) is 19.5. The van der Waals surface area contributed by atoms with Crippen molar-refractivity contribution in [3.63, 3.8) is 0 Å². The molecule has 0 aromatic heterocycles. The van der Waals surface area contributed by atoms with Gasteiger partial charge in [-0.2, -0.15) is 0 Å². The van der Waals surface area contributed by atoms with Crippen LogP contribution < -0.4 is 10.1 Å². The highest BCUT2D eigenvalue weighted by atomic mass is 35.5. The van der Waals surface area contributed by atoms with E-state index in [2.05, 4.69) is 10.2 Å². The molecule has 2 aliphatic heterocycles. The van der Waals surface area contributed by atoms with E-state index in [-0.39, 0.29) is 12.0 Å². The van der Waals surface area contributed by atoms with Gasteiger partial charge in [0.05, 0.1) is 6.10 Å². The molecule has 1 unspecified atom stereocenters.